The first-order chi connectivity index (χ1) is 14.0. The van der Waals surface area contributed by atoms with Gasteiger partial charge in [-0.05, 0) is 43.9 Å². The third-order valence-corrected chi connectivity index (χ3v) is 5.33. The van der Waals surface area contributed by atoms with E-state index in [4.69, 9.17) is 0 Å². The molecule has 29 heavy (non-hydrogen) atoms. The van der Waals surface area contributed by atoms with Crippen molar-refractivity contribution in [3.8, 4) is 11.3 Å². The minimum absolute atomic E-state index is 0.0138. The summed E-state index contributed by atoms with van der Waals surface area (Å²) in [6.45, 7) is 0. The molecular weight excluding hydrogens is 372 g/mol. The SMILES string of the molecule is Cn1c(=O)cc(NC2CCC(n3nc(-c4cccnc4)ccc3=O)CC2)[nH]c1=O. The quantitative estimate of drug-likeness (QED) is 0.689. The summed E-state index contributed by atoms with van der Waals surface area (Å²) >= 11 is 0. The van der Waals surface area contributed by atoms with Crippen molar-refractivity contribution in [2.45, 2.75) is 37.8 Å². The zero-order chi connectivity index (χ0) is 20.4. The molecule has 3 heterocycles. The standard InChI is InChI=1S/C20H22N6O3/c1-25-19(28)11-17(23-20(25)29)22-14-4-6-15(7-5-14)26-18(27)9-8-16(24-26)13-3-2-10-21-12-13/h2-3,8-12,14-15,22H,4-7H2,1H3,(H,23,29). The van der Waals surface area contributed by atoms with Crippen molar-refractivity contribution in [1.29, 1.82) is 0 Å². The molecule has 3 aromatic rings. The van der Waals surface area contributed by atoms with Crippen LogP contribution in [-0.4, -0.2) is 30.4 Å². The number of nitrogens with one attached hydrogen (secondary N) is 2. The fourth-order valence-corrected chi connectivity index (χ4v) is 3.67. The molecule has 9 nitrogen and oxygen atoms in total. The van der Waals surface area contributed by atoms with Gasteiger partial charge in [0.05, 0.1) is 11.7 Å². The second-order valence-electron chi connectivity index (χ2n) is 7.28. The Morgan fingerprint density at radius 1 is 1.07 bits per heavy atom. The van der Waals surface area contributed by atoms with Crippen LogP contribution in [0, 0.1) is 0 Å². The smallest absolute Gasteiger partial charge is 0.329 e. The molecule has 1 fully saturated rings. The van der Waals surface area contributed by atoms with Crippen LogP contribution in [-0.2, 0) is 7.05 Å². The molecule has 0 saturated heterocycles. The molecule has 0 bridgehead atoms. The number of anilines is 1. The summed E-state index contributed by atoms with van der Waals surface area (Å²) in [5.41, 5.74) is 0.663. The van der Waals surface area contributed by atoms with E-state index in [1.54, 1.807) is 29.2 Å². The zero-order valence-corrected chi connectivity index (χ0v) is 16.0. The Kier molecular flexibility index (Phi) is 5.11. The fraction of sp³-hybridized carbons (Fsp3) is 0.350. The molecule has 1 saturated carbocycles. The maximum atomic E-state index is 12.4. The van der Waals surface area contributed by atoms with E-state index in [9.17, 15) is 14.4 Å². The number of hydrogen-bond acceptors (Lipinski definition) is 6. The molecule has 0 spiro atoms. The van der Waals surface area contributed by atoms with Crippen molar-refractivity contribution < 1.29 is 0 Å². The van der Waals surface area contributed by atoms with E-state index >= 15 is 0 Å². The molecule has 2 N–H and O–H groups in total. The second kappa shape index (κ2) is 7.86. The molecule has 0 radical (unpaired) electrons. The van der Waals surface area contributed by atoms with Crippen LogP contribution < -0.4 is 22.1 Å². The first-order valence-electron chi connectivity index (χ1n) is 9.58. The average Bonchev–Trinajstić information content (AvgIpc) is 2.74. The van der Waals surface area contributed by atoms with Gasteiger partial charge >= 0.3 is 5.69 Å². The van der Waals surface area contributed by atoms with Gasteiger partial charge in [-0.3, -0.25) is 24.1 Å². The highest BCUT2D eigenvalue weighted by atomic mass is 16.2. The summed E-state index contributed by atoms with van der Waals surface area (Å²) in [6, 6.07) is 8.53. The first kappa shape index (κ1) is 18.9. The lowest BCUT2D eigenvalue weighted by Crippen LogP contribution is -2.36. The normalized spacial score (nSPS) is 19.1. The van der Waals surface area contributed by atoms with Gasteiger partial charge in [0.2, 0.25) is 0 Å². The van der Waals surface area contributed by atoms with Gasteiger partial charge in [-0.25, -0.2) is 9.48 Å². The Bertz CT molecular complexity index is 1140. The molecule has 0 unspecified atom stereocenters. The van der Waals surface area contributed by atoms with E-state index in [1.165, 1.54) is 13.1 Å². The minimum Gasteiger partial charge on any atom is -0.369 e. The maximum Gasteiger partial charge on any atom is 0.329 e. The second-order valence-corrected chi connectivity index (χ2v) is 7.28. The highest BCUT2D eigenvalue weighted by Gasteiger charge is 2.24. The Hall–Kier alpha value is -3.49. The average molecular weight is 394 g/mol. The zero-order valence-electron chi connectivity index (χ0n) is 16.0. The van der Waals surface area contributed by atoms with E-state index in [1.807, 2.05) is 12.1 Å². The molecule has 1 aliphatic rings. The Morgan fingerprint density at radius 3 is 2.55 bits per heavy atom. The number of aromatic amines is 1. The number of hydrogen-bond donors (Lipinski definition) is 2. The predicted molar refractivity (Wildman–Crippen MR) is 109 cm³/mol. The monoisotopic (exact) mass is 394 g/mol. The third kappa shape index (κ3) is 4.03. The lowest BCUT2D eigenvalue weighted by Gasteiger charge is -2.30. The van der Waals surface area contributed by atoms with E-state index in [-0.39, 0.29) is 23.2 Å². The largest absolute Gasteiger partial charge is 0.369 e. The third-order valence-electron chi connectivity index (χ3n) is 5.33. The van der Waals surface area contributed by atoms with E-state index in [2.05, 4.69) is 20.4 Å². The number of H-pyrrole nitrogens is 1. The number of aromatic nitrogens is 5. The van der Waals surface area contributed by atoms with Gasteiger partial charge in [0, 0.05) is 43.2 Å². The molecule has 9 heteroatoms. The van der Waals surface area contributed by atoms with E-state index in [0.717, 1.165) is 41.5 Å². The van der Waals surface area contributed by atoms with Gasteiger partial charge in [-0.2, -0.15) is 5.10 Å². The summed E-state index contributed by atoms with van der Waals surface area (Å²) in [5, 5.41) is 7.79. The Labute approximate surface area is 166 Å². The highest BCUT2D eigenvalue weighted by molar-refractivity contribution is 5.56. The lowest BCUT2D eigenvalue weighted by atomic mass is 9.91. The minimum atomic E-state index is -0.448. The lowest BCUT2D eigenvalue weighted by molar-refractivity contribution is 0.304. The van der Waals surface area contributed by atoms with Gasteiger partial charge in [0.25, 0.3) is 11.1 Å². The molecule has 0 aromatic carbocycles. The molecule has 0 amide bonds. The first-order valence-corrected chi connectivity index (χ1v) is 9.58. The summed E-state index contributed by atoms with van der Waals surface area (Å²) in [7, 11) is 1.43. The fourth-order valence-electron chi connectivity index (χ4n) is 3.67. The molecule has 4 rings (SSSR count). The Morgan fingerprint density at radius 2 is 1.86 bits per heavy atom. The number of nitrogens with zero attached hydrogens (tertiary/aromatic N) is 4. The van der Waals surface area contributed by atoms with Crippen LogP contribution in [0.5, 0.6) is 0 Å². The molecule has 1 aliphatic carbocycles. The molecule has 3 aromatic heterocycles. The summed E-state index contributed by atoms with van der Waals surface area (Å²) in [6.07, 6.45) is 6.57. The molecule has 150 valence electrons. The summed E-state index contributed by atoms with van der Waals surface area (Å²) in [5.74, 6) is 0.426. The van der Waals surface area contributed by atoms with Gasteiger partial charge < -0.3 is 5.32 Å². The topological polar surface area (TPSA) is 115 Å². The van der Waals surface area contributed by atoms with Crippen molar-refractivity contribution >= 4 is 5.82 Å². The summed E-state index contributed by atoms with van der Waals surface area (Å²) in [4.78, 5) is 42.7. The van der Waals surface area contributed by atoms with Crippen molar-refractivity contribution in [3.63, 3.8) is 0 Å². The molecule has 0 atom stereocenters. The predicted octanol–water partition coefficient (Wildman–Crippen LogP) is 1.29. The van der Waals surface area contributed by atoms with Crippen molar-refractivity contribution in [2.75, 3.05) is 5.32 Å². The van der Waals surface area contributed by atoms with Gasteiger partial charge in [0.15, 0.2) is 0 Å². The number of pyridine rings is 1. The van der Waals surface area contributed by atoms with Crippen LogP contribution in [0.2, 0.25) is 0 Å². The van der Waals surface area contributed by atoms with Crippen molar-refractivity contribution in [3.05, 3.63) is 73.9 Å². The highest BCUT2D eigenvalue weighted by Crippen LogP contribution is 2.28. The van der Waals surface area contributed by atoms with Crippen LogP contribution in [0.3, 0.4) is 0 Å². The van der Waals surface area contributed by atoms with Crippen molar-refractivity contribution in [1.82, 2.24) is 24.3 Å². The van der Waals surface area contributed by atoms with Gasteiger partial charge in [0.1, 0.15) is 5.82 Å². The van der Waals surface area contributed by atoms with E-state index < -0.39 is 5.69 Å². The van der Waals surface area contributed by atoms with Crippen LogP contribution >= 0.6 is 0 Å². The summed E-state index contributed by atoms with van der Waals surface area (Å²) < 4.78 is 2.59. The maximum absolute atomic E-state index is 12.4. The van der Waals surface area contributed by atoms with Crippen LogP contribution in [0.4, 0.5) is 5.82 Å². The molecular formula is C20H22N6O3. The van der Waals surface area contributed by atoms with E-state index in [0.29, 0.717) is 5.82 Å². The van der Waals surface area contributed by atoms with Gasteiger partial charge in [-0.1, -0.05) is 0 Å². The number of rotatable bonds is 4. The van der Waals surface area contributed by atoms with Crippen LogP contribution in [0.15, 0.2) is 57.1 Å². The molecule has 0 aliphatic heterocycles. The van der Waals surface area contributed by atoms with Crippen molar-refractivity contribution in [2.24, 2.45) is 7.05 Å². The Balaban J connectivity index is 1.47. The van der Waals surface area contributed by atoms with Crippen LogP contribution in [0.1, 0.15) is 31.7 Å². The van der Waals surface area contributed by atoms with Crippen LogP contribution in [0.25, 0.3) is 11.3 Å². The van der Waals surface area contributed by atoms with Gasteiger partial charge in [-0.15, -0.1) is 0 Å².